The first-order valence-corrected chi connectivity index (χ1v) is 9.36. The van der Waals surface area contributed by atoms with Gasteiger partial charge in [-0.3, -0.25) is 4.79 Å². The first-order chi connectivity index (χ1) is 13.4. The van der Waals surface area contributed by atoms with Crippen molar-refractivity contribution in [2.45, 2.75) is 33.0 Å². The van der Waals surface area contributed by atoms with E-state index >= 15 is 0 Å². The summed E-state index contributed by atoms with van der Waals surface area (Å²) in [6, 6.07) is 12.0. The Morgan fingerprint density at radius 2 is 1.82 bits per heavy atom. The Morgan fingerprint density at radius 3 is 2.46 bits per heavy atom. The summed E-state index contributed by atoms with van der Waals surface area (Å²) in [5.41, 5.74) is 1.22. The number of methoxy groups -OCH3 is 1. The minimum Gasteiger partial charge on any atom is -0.493 e. The molecule has 0 saturated heterocycles. The molecule has 1 unspecified atom stereocenters. The minimum atomic E-state index is -0.883. The number of halogens is 1. The van der Waals surface area contributed by atoms with Gasteiger partial charge in [0, 0.05) is 11.6 Å². The fourth-order valence-corrected chi connectivity index (χ4v) is 2.46. The summed E-state index contributed by atoms with van der Waals surface area (Å²) in [6.07, 6.45) is -0.0768. The fourth-order valence-electron chi connectivity index (χ4n) is 2.33. The Morgan fingerprint density at radius 1 is 1.11 bits per heavy atom. The van der Waals surface area contributed by atoms with Crippen LogP contribution in [0.3, 0.4) is 0 Å². The highest BCUT2D eigenvalue weighted by Crippen LogP contribution is 2.29. The SMILES string of the molecule is CCCNC(=O)C(C)OC(=O)c1ccc(OCc2ccc(Cl)cc2)c(OC)c1. The summed E-state index contributed by atoms with van der Waals surface area (Å²) in [7, 11) is 1.49. The number of ether oxygens (including phenoxy) is 3. The van der Waals surface area contributed by atoms with Crippen LogP contribution in [0.15, 0.2) is 42.5 Å². The van der Waals surface area contributed by atoms with Crippen LogP contribution >= 0.6 is 11.6 Å². The second kappa shape index (κ2) is 10.6. The van der Waals surface area contributed by atoms with Crippen molar-refractivity contribution in [3.8, 4) is 11.5 Å². The summed E-state index contributed by atoms with van der Waals surface area (Å²) >= 11 is 5.87. The van der Waals surface area contributed by atoms with Gasteiger partial charge >= 0.3 is 5.97 Å². The molecule has 0 aliphatic rings. The molecule has 1 N–H and O–H groups in total. The summed E-state index contributed by atoms with van der Waals surface area (Å²) in [5.74, 6) is -0.0546. The number of carbonyl (C=O) groups is 2. The van der Waals surface area contributed by atoms with Crippen LogP contribution in [0.4, 0.5) is 0 Å². The molecule has 28 heavy (non-hydrogen) atoms. The average molecular weight is 406 g/mol. The van der Waals surface area contributed by atoms with E-state index in [1.807, 2.05) is 19.1 Å². The van der Waals surface area contributed by atoms with Gasteiger partial charge in [0.15, 0.2) is 17.6 Å². The topological polar surface area (TPSA) is 73.9 Å². The van der Waals surface area contributed by atoms with E-state index in [0.717, 1.165) is 12.0 Å². The lowest BCUT2D eigenvalue weighted by atomic mass is 10.2. The molecule has 0 spiro atoms. The molecule has 2 aromatic rings. The highest BCUT2D eigenvalue weighted by atomic mass is 35.5. The van der Waals surface area contributed by atoms with Gasteiger partial charge in [0.25, 0.3) is 5.91 Å². The molecular formula is C21H24ClNO5. The third-order valence-corrected chi connectivity index (χ3v) is 4.16. The number of hydrogen-bond donors (Lipinski definition) is 1. The predicted molar refractivity (Wildman–Crippen MR) is 107 cm³/mol. The van der Waals surface area contributed by atoms with Crippen LogP contribution in [0, 0.1) is 0 Å². The molecule has 1 atom stereocenters. The number of amides is 1. The third-order valence-electron chi connectivity index (χ3n) is 3.91. The highest BCUT2D eigenvalue weighted by Gasteiger charge is 2.19. The summed E-state index contributed by atoms with van der Waals surface area (Å²) in [4.78, 5) is 24.2. The molecule has 150 valence electrons. The molecule has 1 amide bonds. The van der Waals surface area contributed by atoms with Crippen molar-refractivity contribution in [1.82, 2.24) is 5.32 Å². The average Bonchev–Trinajstić information content (AvgIpc) is 2.71. The molecule has 2 rings (SSSR count). The Kier molecular flexibility index (Phi) is 8.14. The molecule has 0 aromatic heterocycles. The van der Waals surface area contributed by atoms with Crippen LogP contribution in [0.5, 0.6) is 11.5 Å². The standard InChI is InChI=1S/C21H24ClNO5/c1-4-11-23-20(24)14(2)28-21(25)16-7-10-18(19(12-16)26-3)27-13-15-5-8-17(22)9-6-15/h5-10,12,14H,4,11,13H2,1-3H3,(H,23,24). The quantitative estimate of drug-likeness (QED) is 0.638. The monoisotopic (exact) mass is 405 g/mol. The van der Waals surface area contributed by atoms with Crippen LogP contribution in [-0.4, -0.2) is 31.6 Å². The molecular weight excluding hydrogens is 382 g/mol. The van der Waals surface area contributed by atoms with Crippen LogP contribution in [0.25, 0.3) is 0 Å². The fraction of sp³-hybridized carbons (Fsp3) is 0.333. The van der Waals surface area contributed by atoms with E-state index in [0.29, 0.717) is 29.7 Å². The van der Waals surface area contributed by atoms with Crippen molar-refractivity contribution in [3.63, 3.8) is 0 Å². The molecule has 0 aliphatic carbocycles. The normalized spacial score (nSPS) is 11.4. The first kappa shape index (κ1) is 21.6. The number of carbonyl (C=O) groups excluding carboxylic acids is 2. The molecule has 0 saturated carbocycles. The van der Waals surface area contributed by atoms with Crippen LogP contribution in [0.1, 0.15) is 36.2 Å². The van der Waals surface area contributed by atoms with Crippen molar-refractivity contribution < 1.29 is 23.8 Å². The van der Waals surface area contributed by atoms with Gasteiger partial charge in [0.1, 0.15) is 6.61 Å². The maximum atomic E-state index is 12.3. The number of rotatable bonds is 9. The summed E-state index contributed by atoms with van der Waals surface area (Å²) in [5, 5.41) is 3.34. The van der Waals surface area contributed by atoms with Gasteiger partial charge in [-0.15, -0.1) is 0 Å². The number of nitrogens with one attached hydrogen (secondary N) is 1. The van der Waals surface area contributed by atoms with E-state index in [1.54, 1.807) is 24.3 Å². The summed E-state index contributed by atoms with van der Waals surface area (Å²) in [6.45, 7) is 4.34. The lowest BCUT2D eigenvalue weighted by Gasteiger charge is -2.15. The third kappa shape index (κ3) is 6.16. The van der Waals surface area contributed by atoms with E-state index in [9.17, 15) is 9.59 Å². The smallest absolute Gasteiger partial charge is 0.339 e. The molecule has 0 aliphatic heterocycles. The van der Waals surface area contributed by atoms with Crippen molar-refractivity contribution in [3.05, 3.63) is 58.6 Å². The van der Waals surface area contributed by atoms with Crippen LogP contribution in [0.2, 0.25) is 5.02 Å². The Bertz CT molecular complexity index is 807. The van der Waals surface area contributed by atoms with Gasteiger partial charge in [0.05, 0.1) is 12.7 Å². The molecule has 7 heteroatoms. The minimum absolute atomic E-state index is 0.269. The van der Waals surface area contributed by atoms with E-state index in [2.05, 4.69) is 5.32 Å². The van der Waals surface area contributed by atoms with Gasteiger partial charge in [0.2, 0.25) is 0 Å². The van der Waals surface area contributed by atoms with Crippen molar-refractivity contribution in [1.29, 1.82) is 0 Å². The largest absolute Gasteiger partial charge is 0.493 e. The summed E-state index contributed by atoms with van der Waals surface area (Å²) < 4.78 is 16.3. The number of hydrogen-bond acceptors (Lipinski definition) is 5. The van der Waals surface area contributed by atoms with Gasteiger partial charge in [-0.25, -0.2) is 4.79 Å². The Balaban J connectivity index is 2.01. The molecule has 2 aromatic carbocycles. The van der Waals surface area contributed by atoms with Crippen molar-refractivity contribution in [2.24, 2.45) is 0 Å². The van der Waals surface area contributed by atoms with Crippen molar-refractivity contribution in [2.75, 3.05) is 13.7 Å². The first-order valence-electron chi connectivity index (χ1n) is 8.98. The molecule has 0 radical (unpaired) electrons. The maximum absolute atomic E-state index is 12.3. The van der Waals surface area contributed by atoms with Gasteiger partial charge < -0.3 is 19.5 Å². The van der Waals surface area contributed by atoms with E-state index in [-0.39, 0.29) is 11.5 Å². The van der Waals surface area contributed by atoms with E-state index in [1.165, 1.54) is 20.1 Å². The Labute approximate surface area is 169 Å². The predicted octanol–water partition coefficient (Wildman–Crippen LogP) is 4.00. The van der Waals surface area contributed by atoms with E-state index in [4.69, 9.17) is 25.8 Å². The highest BCUT2D eigenvalue weighted by molar-refractivity contribution is 6.30. The van der Waals surface area contributed by atoms with Gasteiger partial charge in [-0.1, -0.05) is 30.7 Å². The number of benzene rings is 2. The second-order valence-electron chi connectivity index (χ2n) is 6.12. The maximum Gasteiger partial charge on any atom is 0.339 e. The van der Waals surface area contributed by atoms with Gasteiger partial charge in [-0.05, 0) is 49.2 Å². The Hall–Kier alpha value is -2.73. The zero-order chi connectivity index (χ0) is 20.5. The lowest BCUT2D eigenvalue weighted by molar-refractivity contribution is -0.129. The molecule has 0 heterocycles. The van der Waals surface area contributed by atoms with Crippen LogP contribution in [-0.2, 0) is 16.1 Å². The lowest BCUT2D eigenvalue weighted by Crippen LogP contribution is -2.36. The molecule has 6 nitrogen and oxygen atoms in total. The second-order valence-corrected chi connectivity index (χ2v) is 6.56. The molecule has 0 fully saturated rings. The zero-order valence-electron chi connectivity index (χ0n) is 16.2. The molecule has 0 bridgehead atoms. The zero-order valence-corrected chi connectivity index (χ0v) is 16.9. The van der Waals surface area contributed by atoms with Crippen LogP contribution < -0.4 is 14.8 Å². The number of esters is 1. The van der Waals surface area contributed by atoms with Crippen molar-refractivity contribution >= 4 is 23.5 Å². The van der Waals surface area contributed by atoms with E-state index < -0.39 is 12.1 Å². The van der Waals surface area contributed by atoms with Gasteiger partial charge in [-0.2, -0.15) is 0 Å².